The van der Waals surface area contributed by atoms with Gasteiger partial charge in [0, 0.05) is 38.7 Å². The van der Waals surface area contributed by atoms with Crippen molar-refractivity contribution in [3.05, 3.63) is 76.8 Å². The van der Waals surface area contributed by atoms with Crippen molar-refractivity contribution in [3.8, 4) is 5.69 Å². The van der Waals surface area contributed by atoms with Crippen LogP contribution in [0.5, 0.6) is 0 Å². The molecule has 3 aromatic rings. The molecule has 0 aliphatic heterocycles. The minimum absolute atomic E-state index is 0.293. The second kappa shape index (κ2) is 9.32. The maximum atomic E-state index is 14.5. The van der Waals surface area contributed by atoms with E-state index in [-0.39, 0.29) is 5.82 Å². The van der Waals surface area contributed by atoms with Crippen LogP contribution in [0.15, 0.2) is 53.9 Å². The van der Waals surface area contributed by atoms with Crippen LogP contribution in [0.3, 0.4) is 0 Å². The SMILES string of the molecule is CN=C(NCCc1ccc(Cl)nc1)NCc1ccc(-n2ccnc2C)c(F)c1. The number of guanidine groups is 1. The smallest absolute Gasteiger partial charge is 0.191 e. The van der Waals surface area contributed by atoms with Crippen molar-refractivity contribution in [2.45, 2.75) is 19.9 Å². The third-order valence-electron chi connectivity index (χ3n) is 4.28. The quantitative estimate of drug-likeness (QED) is 0.378. The van der Waals surface area contributed by atoms with Crippen LogP contribution in [-0.4, -0.2) is 34.1 Å². The number of halogens is 2. The highest BCUT2D eigenvalue weighted by atomic mass is 35.5. The summed E-state index contributed by atoms with van der Waals surface area (Å²) in [5, 5.41) is 6.90. The molecule has 0 radical (unpaired) electrons. The van der Waals surface area contributed by atoms with Crippen molar-refractivity contribution < 1.29 is 4.39 Å². The van der Waals surface area contributed by atoms with E-state index in [4.69, 9.17) is 11.6 Å². The molecule has 0 fully saturated rings. The highest BCUT2D eigenvalue weighted by molar-refractivity contribution is 6.29. The molecule has 0 spiro atoms. The number of nitrogens with zero attached hydrogens (tertiary/aromatic N) is 4. The Balaban J connectivity index is 1.52. The number of nitrogens with one attached hydrogen (secondary N) is 2. The fourth-order valence-corrected chi connectivity index (χ4v) is 2.89. The first-order chi connectivity index (χ1) is 13.6. The third-order valence-corrected chi connectivity index (χ3v) is 4.50. The summed E-state index contributed by atoms with van der Waals surface area (Å²) in [6.07, 6.45) is 5.94. The maximum Gasteiger partial charge on any atom is 0.191 e. The fourth-order valence-electron chi connectivity index (χ4n) is 2.77. The predicted octanol–water partition coefficient (Wildman–Crippen LogP) is 3.28. The molecule has 0 bridgehead atoms. The van der Waals surface area contributed by atoms with E-state index in [0.29, 0.717) is 29.9 Å². The number of hydrogen-bond donors (Lipinski definition) is 2. The number of pyridine rings is 1. The van der Waals surface area contributed by atoms with Crippen molar-refractivity contribution >= 4 is 17.6 Å². The van der Waals surface area contributed by atoms with Crippen LogP contribution in [0.1, 0.15) is 17.0 Å². The molecule has 2 heterocycles. The van der Waals surface area contributed by atoms with Crippen molar-refractivity contribution in [1.29, 1.82) is 0 Å². The maximum absolute atomic E-state index is 14.5. The van der Waals surface area contributed by atoms with Crippen molar-refractivity contribution in [2.75, 3.05) is 13.6 Å². The summed E-state index contributed by atoms with van der Waals surface area (Å²) in [6, 6.07) is 8.88. The van der Waals surface area contributed by atoms with E-state index in [1.807, 2.05) is 19.1 Å². The van der Waals surface area contributed by atoms with E-state index < -0.39 is 0 Å². The monoisotopic (exact) mass is 400 g/mol. The van der Waals surface area contributed by atoms with Crippen LogP contribution in [0, 0.1) is 12.7 Å². The van der Waals surface area contributed by atoms with Crippen LogP contribution < -0.4 is 10.6 Å². The summed E-state index contributed by atoms with van der Waals surface area (Å²) in [4.78, 5) is 12.4. The standard InChI is InChI=1S/C20H22ClFN6/c1-14-24-9-10-28(14)18-5-3-16(11-17(18)22)13-27-20(23-2)25-8-7-15-4-6-19(21)26-12-15/h3-6,9-12H,7-8,13H2,1-2H3,(H2,23,25,27). The summed E-state index contributed by atoms with van der Waals surface area (Å²) in [5.41, 5.74) is 2.39. The fraction of sp³-hybridized carbons (Fsp3) is 0.250. The zero-order valence-electron chi connectivity index (χ0n) is 15.8. The molecule has 2 N–H and O–H groups in total. The largest absolute Gasteiger partial charge is 0.356 e. The summed E-state index contributed by atoms with van der Waals surface area (Å²) in [5.74, 6) is 1.10. The molecule has 1 aromatic carbocycles. The molecule has 28 heavy (non-hydrogen) atoms. The highest BCUT2D eigenvalue weighted by Gasteiger charge is 2.08. The van der Waals surface area contributed by atoms with Crippen LogP contribution in [-0.2, 0) is 13.0 Å². The van der Waals surface area contributed by atoms with E-state index in [0.717, 1.165) is 23.4 Å². The lowest BCUT2D eigenvalue weighted by Crippen LogP contribution is -2.37. The molecular weight excluding hydrogens is 379 g/mol. The number of aromatic nitrogens is 3. The first-order valence-corrected chi connectivity index (χ1v) is 9.28. The van der Waals surface area contributed by atoms with Crippen molar-refractivity contribution in [3.63, 3.8) is 0 Å². The Labute approximate surface area is 168 Å². The van der Waals surface area contributed by atoms with E-state index in [9.17, 15) is 4.39 Å². The molecule has 3 rings (SSSR count). The second-order valence-electron chi connectivity index (χ2n) is 6.22. The van der Waals surface area contributed by atoms with Crippen LogP contribution >= 0.6 is 11.6 Å². The average molecular weight is 401 g/mol. The number of rotatable bonds is 6. The summed E-state index contributed by atoms with van der Waals surface area (Å²) in [7, 11) is 1.70. The van der Waals surface area contributed by atoms with E-state index in [1.165, 1.54) is 6.07 Å². The van der Waals surface area contributed by atoms with E-state index in [2.05, 4.69) is 25.6 Å². The number of benzene rings is 1. The van der Waals surface area contributed by atoms with Gasteiger partial charge in [0.1, 0.15) is 16.8 Å². The third kappa shape index (κ3) is 5.07. The summed E-state index contributed by atoms with van der Waals surface area (Å²) >= 11 is 5.79. The highest BCUT2D eigenvalue weighted by Crippen LogP contribution is 2.16. The molecule has 146 valence electrons. The van der Waals surface area contributed by atoms with Gasteiger partial charge in [-0.05, 0) is 42.7 Å². The van der Waals surface area contributed by atoms with Gasteiger partial charge in [0.05, 0.1) is 5.69 Å². The number of aliphatic imine (C=N–C) groups is 1. The Morgan fingerprint density at radius 3 is 2.64 bits per heavy atom. The number of hydrogen-bond acceptors (Lipinski definition) is 3. The van der Waals surface area contributed by atoms with Gasteiger partial charge in [0.15, 0.2) is 5.96 Å². The van der Waals surface area contributed by atoms with Crippen LogP contribution in [0.25, 0.3) is 5.69 Å². The van der Waals surface area contributed by atoms with E-state index in [1.54, 1.807) is 42.3 Å². The molecule has 0 aliphatic rings. The molecule has 2 aromatic heterocycles. The molecule has 0 atom stereocenters. The van der Waals surface area contributed by atoms with Gasteiger partial charge < -0.3 is 15.2 Å². The molecular formula is C20H22ClFN6. The lowest BCUT2D eigenvalue weighted by molar-refractivity contribution is 0.613. The summed E-state index contributed by atoms with van der Waals surface area (Å²) in [6.45, 7) is 2.99. The van der Waals surface area contributed by atoms with Gasteiger partial charge in [-0.15, -0.1) is 0 Å². The predicted molar refractivity (Wildman–Crippen MR) is 109 cm³/mol. The lowest BCUT2D eigenvalue weighted by atomic mass is 10.2. The summed E-state index contributed by atoms with van der Waals surface area (Å²) < 4.78 is 16.2. The normalized spacial score (nSPS) is 11.5. The van der Waals surface area contributed by atoms with Crippen molar-refractivity contribution in [2.24, 2.45) is 4.99 Å². The molecule has 6 nitrogen and oxygen atoms in total. The minimum atomic E-state index is -0.293. The lowest BCUT2D eigenvalue weighted by Gasteiger charge is -2.13. The average Bonchev–Trinajstić information content (AvgIpc) is 3.11. The molecule has 0 amide bonds. The Morgan fingerprint density at radius 1 is 1.18 bits per heavy atom. The van der Waals surface area contributed by atoms with Crippen molar-refractivity contribution in [1.82, 2.24) is 25.2 Å². The zero-order chi connectivity index (χ0) is 19.9. The zero-order valence-corrected chi connectivity index (χ0v) is 16.5. The number of imidazole rings is 1. The first-order valence-electron chi connectivity index (χ1n) is 8.90. The van der Waals surface area contributed by atoms with Gasteiger partial charge in [-0.1, -0.05) is 23.7 Å². The van der Waals surface area contributed by atoms with Gasteiger partial charge in [0.25, 0.3) is 0 Å². The van der Waals surface area contributed by atoms with Crippen LogP contribution in [0.4, 0.5) is 4.39 Å². The first kappa shape index (κ1) is 19.8. The van der Waals surface area contributed by atoms with Crippen LogP contribution in [0.2, 0.25) is 5.15 Å². The molecule has 0 saturated carbocycles. The number of aryl methyl sites for hydroxylation is 1. The van der Waals surface area contributed by atoms with Gasteiger partial charge >= 0.3 is 0 Å². The Hall–Kier alpha value is -2.93. The molecule has 8 heteroatoms. The minimum Gasteiger partial charge on any atom is -0.356 e. The molecule has 0 aliphatic carbocycles. The Kier molecular flexibility index (Phi) is 6.60. The topological polar surface area (TPSA) is 67.1 Å². The molecule has 0 unspecified atom stereocenters. The Morgan fingerprint density at radius 2 is 2.00 bits per heavy atom. The van der Waals surface area contributed by atoms with Gasteiger partial charge in [-0.3, -0.25) is 4.99 Å². The Bertz CT molecular complexity index is 952. The second-order valence-corrected chi connectivity index (χ2v) is 6.61. The van der Waals surface area contributed by atoms with E-state index >= 15 is 0 Å². The van der Waals surface area contributed by atoms with Gasteiger partial charge in [0.2, 0.25) is 0 Å². The molecule has 0 saturated heterocycles. The van der Waals surface area contributed by atoms with Gasteiger partial charge in [-0.2, -0.15) is 0 Å². The van der Waals surface area contributed by atoms with Gasteiger partial charge in [-0.25, -0.2) is 14.4 Å².